The minimum Gasteiger partial charge on any atom is -0.467 e. The van der Waals surface area contributed by atoms with Gasteiger partial charge in [0, 0.05) is 6.54 Å². The van der Waals surface area contributed by atoms with Gasteiger partial charge in [-0.2, -0.15) is 0 Å². The van der Waals surface area contributed by atoms with E-state index in [1.165, 1.54) is 6.07 Å². The van der Waals surface area contributed by atoms with Crippen LogP contribution in [0.25, 0.3) is 0 Å². The van der Waals surface area contributed by atoms with Gasteiger partial charge in [-0.05, 0) is 36.7 Å². The molecule has 5 heteroatoms. The summed E-state index contributed by atoms with van der Waals surface area (Å²) in [5.74, 6) is 0.538. The molecule has 1 aromatic carbocycles. The van der Waals surface area contributed by atoms with Crippen molar-refractivity contribution < 1.29 is 18.7 Å². The Morgan fingerprint density at radius 2 is 2.10 bits per heavy atom. The molecule has 2 aromatic rings. The van der Waals surface area contributed by atoms with Crippen molar-refractivity contribution in [2.75, 3.05) is 19.7 Å². The number of hydrogen-bond acceptors (Lipinski definition) is 4. The molecule has 0 spiro atoms. The van der Waals surface area contributed by atoms with Gasteiger partial charge in [-0.1, -0.05) is 18.2 Å². The van der Waals surface area contributed by atoms with E-state index in [1.54, 1.807) is 24.5 Å². The third-order valence-corrected chi connectivity index (χ3v) is 3.04. The predicted molar refractivity (Wildman–Crippen MR) is 77.3 cm³/mol. The lowest BCUT2D eigenvalue weighted by molar-refractivity contribution is 0.0228. The summed E-state index contributed by atoms with van der Waals surface area (Å²) in [6.45, 7) is 1.59. The highest BCUT2D eigenvalue weighted by atomic mass is 19.1. The first kappa shape index (κ1) is 15.7. The Morgan fingerprint density at radius 1 is 1.24 bits per heavy atom. The average Bonchev–Trinajstić information content (AvgIpc) is 2.98. The minimum atomic E-state index is -0.597. The number of benzene rings is 1. The van der Waals surface area contributed by atoms with Gasteiger partial charge < -0.3 is 19.6 Å². The van der Waals surface area contributed by atoms with Gasteiger partial charge in [0.1, 0.15) is 18.2 Å². The van der Waals surface area contributed by atoms with Crippen LogP contribution in [0.5, 0.6) is 0 Å². The van der Waals surface area contributed by atoms with Crippen LogP contribution >= 0.6 is 0 Å². The van der Waals surface area contributed by atoms with Crippen molar-refractivity contribution >= 4 is 0 Å². The molecular formula is C16H20FNO3. The summed E-state index contributed by atoms with van der Waals surface area (Å²) in [6.07, 6.45) is 1.58. The zero-order chi connectivity index (χ0) is 14.9. The number of nitrogens with one attached hydrogen (secondary N) is 1. The van der Waals surface area contributed by atoms with Crippen LogP contribution in [0.2, 0.25) is 0 Å². The molecule has 1 atom stereocenters. The van der Waals surface area contributed by atoms with Crippen molar-refractivity contribution in [2.24, 2.45) is 0 Å². The molecule has 4 nitrogen and oxygen atoms in total. The largest absolute Gasteiger partial charge is 0.467 e. The topological polar surface area (TPSA) is 54.6 Å². The van der Waals surface area contributed by atoms with Crippen molar-refractivity contribution in [3.8, 4) is 0 Å². The van der Waals surface area contributed by atoms with Crippen molar-refractivity contribution in [3.63, 3.8) is 0 Å². The van der Waals surface area contributed by atoms with Crippen molar-refractivity contribution in [1.29, 1.82) is 0 Å². The van der Waals surface area contributed by atoms with Crippen LogP contribution in [0.15, 0.2) is 47.1 Å². The van der Waals surface area contributed by atoms with E-state index in [0.29, 0.717) is 31.7 Å². The van der Waals surface area contributed by atoms with Crippen LogP contribution in [0.1, 0.15) is 11.3 Å². The first-order chi connectivity index (χ1) is 10.3. The second-order valence-corrected chi connectivity index (χ2v) is 4.79. The zero-order valence-corrected chi connectivity index (χ0v) is 11.8. The van der Waals surface area contributed by atoms with Gasteiger partial charge in [0.2, 0.25) is 0 Å². The normalized spacial score (nSPS) is 12.5. The predicted octanol–water partition coefficient (Wildman–Crippen LogP) is 2.13. The molecule has 1 aromatic heterocycles. The van der Waals surface area contributed by atoms with Crippen molar-refractivity contribution in [1.82, 2.24) is 5.32 Å². The minimum absolute atomic E-state index is 0.193. The van der Waals surface area contributed by atoms with Crippen LogP contribution in [0.3, 0.4) is 0 Å². The second-order valence-electron chi connectivity index (χ2n) is 4.79. The fourth-order valence-corrected chi connectivity index (χ4v) is 1.94. The Hall–Kier alpha value is -1.69. The van der Waals surface area contributed by atoms with Gasteiger partial charge in [0.25, 0.3) is 0 Å². The molecule has 1 heterocycles. The lowest BCUT2D eigenvalue weighted by atomic mass is 10.1. The Labute approximate surface area is 123 Å². The van der Waals surface area contributed by atoms with Crippen LogP contribution in [-0.2, 0) is 17.8 Å². The molecule has 0 aliphatic heterocycles. The van der Waals surface area contributed by atoms with E-state index in [9.17, 15) is 9.50 Å². The fraction of sp³-hybridized carbons (Fsp3) is 0.375. The van der Waals surface area contributed by atoms with Crippen LogP contribution in [-0.4, -0.2) is 30.9 Å². The van der Waals surface area contributed by atoms with E-state index in [1.807, 2.05) is 12.1 Å². The molecule has 21 heavy (non-hydrogen) atoms. The van der Waals surface area contributed by atoms with Crippen LogP contribution in [0.4, 0.5) is 4.39 Å². The third kappa shape index (κ3) is 5.67. The summed E-state index contributed by atoms with van der Waals surface area (Å²) in [5.41, 5.74) is 0.675. The molecule has 0 aliphatic carbocycles. The maximum absolute atomic E-state index is 13.4. The highest BCUT2D eigenvalue weighted by Gasteiger charge is 2.05. The molecule has 2 rings (SSSR count). The van der Waals surface area contributed by atoms with Gasteiger partial charge in [-0.25, -0.2) is 4.39 Å². The number of aliphatic hydroxyl groups is 1. The molecule has 114 valence electrons. The monoisotopic (exact) mass is 293 g/mol. The number of halogens is 1. The van der Waals surface area contributed by atoms with Gasteiger partial charge >= 0.3 is 0 Å². The van der Waals surface area contributed by atoms with E-state index in [2.05, 4.69) is 5.32 Å². The molecule has 2 N–H and O–H groups in total. The Bertz CT molecular complexity index is 516. The number of furan rings is 1. The SMILES string of the molecule is OC(CNCCc1ccccc1F)COCc1ccco1. The van der Waals surface area contributed by atoms with Crippen LogP contribution < -0.4 is 5.32 Å². The summed E-state index contributed by atoms with van der Waals surface area (Å²) >= 11 is 0. The van der Waals surface area contributed by atoms with Gasteiger partial charge in [0.15, 0.2) is 0 Å². The summed E-state index contributed by atoms with van der Waals surface area (Å²) in [5, 5.41) is 12.8. The molecule has 0 saturated carbocycles. The zero-order valence-electron chi connectivity index (χ0n) is 11.8. The quantitative estimate of drug-likeness (QED) is 0.695. The van der Waals surface area contributed by atoms with Crippen molar-refractivity contribution in [3.05, 3.63) is 59.8 Å². The smallest absolute Gasteiger partial charge is 0.129 e. The van der Waals surface area contributed by atoms with E-state index < -0.39 is 6.10 Å². The molecule has 0 aliphatic rings. The average molecular weight is 293 g/mol. The maximum atomic E-state index is 13.4. The molecule has 0 saturated heterocycles. The van der Waals surface area contributed by atoms with Crippen molar-refractivity contribution in [2.45, 2.75) is 19.1 Å². The highest BCUT2D eigenvalue weighted by Crippen LogP contribution is 2.06. The standard InChI is InChI=1S/C16H20FNO3/c17-16-6-2-1-4-13(16)7-8-18-10-14(19)11-20-12-15-5-3-9-21-15/h1-6,9,14,18-19H,7-8,10-12H2. The first-order valence-electron chi connectivity index (χ1n) is 6.98. The number of hydrogen-bond donors (Lipinski definition) is 2. The lowest BCUT2D eigenvalue weighted by Crippen LogP contribution is -2.31. The second kappa shape index (κ2) is 8.56. The summed E-state index contributed by atoms with van der Waals surface area (Å²) in [6, 6.07) is 10.3. The lowest BCUT2D eigenvalue weighted by Gasteiger charge is -2.12. The Morgan fingerprint density at radius 3 is 2.86 bits per heavy atom. The van der Waals surface area contributed by atoms with Gasteiger partial charge in [-0.15, -0.1) is 0 Å². The Balaban J connectivity index is 1.55. The third-order valence-electron chi connectivity index (χ3n) is 3.04. The number of aliphatic hydroxyl groups excluding tert-OH is 1. The maximum Gasteiger partial charge on any atom is 0.129 e. The van der Waals surface area contributed by atoms with Gasteiger partial charge in [0.05, 0.1) is 19.0 Å². The first-order valence-corrected chi connectivity index (χ1v) is 6.98. The van der Waals surface area contributed by atoms with Crippen LogP contribution in [0, 0.1) is 5.82 Å². The van der Waals surface area contributed by atoms with E-state index >= 15 is 0 Å². The number of ether oxygens (including phenoxy) is 1. The molecule has 0 fully saturated rings. The molecular weight excluding hydrogens is 273 g/mol. The van der Waals surface area contributed by atoms with E-state index in [4.69, 9.17) is 9.15 Å². The molecule has 0 amide bonds. The Kier molecular flexibility index (Phi) is 6.40. The van der Waals surface area contributed by atoms with E-state index in [0.717, 1.165) is 5.76 Å². The summed E-state index contributed by atoms with van der Waals surface area (Å²) < 4.78 is 23.8. The summed E-state index contributed by atoms with van der Waals surface area (Å²) in [7, 11) is 0. The number of rotatable bonds is 9. The fourth-order valence-electron chi connectivity index (χ4n) is 1.94. The molecule has 0 radical (unpaired) electrons. The van der Waals surface area contributed by atoms with E-state index in [-0.39, 0.29) is 12.4 Å². The van der Waals surface area contributed by atoms with Gasteiger partial charge in [-0.3, -0.25) is 0 Å². The highest BCUT2D eigenvalue weighted by molar-refractivity contribution is 5.17. The summed E-state index contributed by atoms with van der Waals surface area (Å²) in [4.78, 5) is 0. The molecule has 0 bridgehead atoms. The molecule has 1 unspecified atom stereocenters.